The third-order valence-electron chi connectivity index (χ3n) is 2.13. The van der Waals surface area contributed by atoms with Crippen LogP contribution in [0.1, 0.15) is 10.3 Å². The molecule has 0 aromatic carbocycles. The number of thioether (sulfide) groups is 1. The Morgan fingerprint density at radius 2 is 2.38 bits per heavy atom. The number of nitro groups is 1. The number of hydrogen-bond acceptors (Lipinski definition) is 6. The molecule has 1 aromatic rings. The highest BCUT2D eigenvalue weighted by Gasteiger charge is 2.31. The summed E-state index contributed by atoms with van der Waals surface area (Å²) in [6, 6.07) is 2.53. The highest BCUT2D eigenvalue weighted by Crippen LogP contribution is 2.38. The van der Waals surface area contributed by atoms with Crippen LogP contribution in [-0.4, -0.2) is 27.8 Å². The van der Waals surface area contributed by atoms with Crippen LogP contribution >= 0.6 is 23.1 Å². The highest BCUT2D eigenvalue weighted by atomic mass is 32.2. The Hall–Kier alpha value is -1.12. The van der Waals surface area contributed by atoms with Crippen molar-refractivity contribution < 1.29 is 14.8 Å². The third-order valence-corrected chi connectivity index (χ3v) is 4.63. The number of carboxylic acids is 1. The molecule has 1 aliphatic rings. The smallest absolute Gasteiger partial charge is 0.324 e. The number of rotatable bonds is 3. The zero-order chi connectivity index (χ0) is 11.7. The lowest BCUT2D eigenvalue weighted by Gasteiger charge is -2.07. The van der Waals surface area contributed by atoms with E-state index in [9.17, 15) is 14.9 Å². The summed E-state index contributed by atoms with van der Waals surface area (Å²) < 4.78 is 0. The lowest BCUT2D eigenvalue weighted by atomic mass is 10.3. The molecule has 0 bridgehead atoms. The molecule has 2 heterocycles. The fourth-order valence-corrected chi connectivity index (χ4v) is 3.60. The van der Waals surface area contributed by atoms with E-state index in [4.69, 9.17) is 5.11 Å². The lowest BCUT2D eigenvalue weighted by Crippen LogP contribution is -2.33. The van der Waals surface area contributed by atoms with Gasteiger partial charge in [-0.05, 0) is 6.07 Å². The Bertz CT molecular complexity index is 433. The van der Waals surface area contributed by atoms with Gasteiger partial charge in [0.1, 0.15) is 6.04 Å². The van der Waals surface area contributed by atoms with Crippen molar-refractivity contribution in [2.45, 2.75) is 11.4 Å². The van der Waals surface area contributed by atoms with Crippen LogP contribution in [0.4, 0.5) is 5.00 Å². The molecule has 0 spiro atoms. The van der Waals surface area contributed by atoms with E-state index in [1.807, 2.05) is 0 Å². The van der Waals surface area contributed by atoms with Crippen molar-refractivity contribution >= 4 is 34.1 Å². The van der Waals surface area contributed by atoms with Crippen LogP contribution in [0.2, 0.25) is 0 Å². The Labute approximate surface area is 98.8 Å². The summed E-state index contributed by atoms with van der Waals surface area (Å²) in [5, 5.41) is 22.1. The molecule has 0 aliphatic carbocycles. The predicted octanol–water partition coefficient (Wildman–Crippen LogP) is 1.44. The molecule has 2 N–H and O–H groups in total. The average Bonchev–Trinajstić information content (AvgIpc) is 2.86. The molecule has 8 heteroatoms. The van der Waals surface area contributed by atoms with Gasteiger partial charge in [0.05, 0.1) is 10.3 Å². The molecular formula is C8H8N2O4S2. The molecule has 86 valence electrons. The van der Waals surface area contributed by atoms with Crippen LogP contribution < -0.4 is 5.32 Å². The van der Waals surface area contributed by atoms with Gasteiger partial charge in [-0.25, -0.2) is 0 Å². The van der Waals surface area contributed by atoms with Gasteiger partial charge in [-0.15, -0.1) is 11.8 Å². The summed E-state index contributed by atoms with van der Waals surface area (Å²) in [5.41, 5.74) is 0. The van der Waals surface area contributed by atoms with E-state index in [2.05, 4.69) is 5.32 Å². The van der Waals surface area contributed by atoms with Crippen molar-refractivity contribution in [1.29, 1.82) is 0 Å². The van der Waals surface area contributed by atoms with Gasteiger partial charge in [-0.1, -0.05) is 11.3 Å². The summed E-state index contributed by atoms with van der Waals surface area (Å²) in [4.78, 5) is 21.6. The molecule has 0 radical (unpaired) electrons. The maximum atomic E-state index is 10.7. The summed E-state index contributed by atoms with van der Waals surface area (Å²) >= 11 is 2.53. The lowest BCUT2D eigenvalue weighted by molar-refractivity contribution is -0.380. The van der Waals surface area contributed by atoms with E-state index in [0.717, 1.165) is 16.2 Å². The molecule has 2 rings (SSSR count). The van der Waals surface area contributed by atoms with Crippen LogP contribution in [0.15, 0.2) is 12.1 Å². The van der Waals surface area contributed by atoms with Crippen molar-refractivity contribution in [1.82, 2.24) is 5.32 Å². The number of carboxylic acid groups (broad SMARTS) is 1. The Balaban J connectivity index is 2.08. The first-order chi connectivity index (χ1) is 7.58. The second-order valence-electron chi connectivity index (χ2n) is 3.20. The van der Waals surface area contributed by atoms with Crippen molar-refractivity contribution in [2.24, 2.45) is 0 Å². The van der Waals surface area contributed by atoms with Gasteiger partial charge in [0, 0.05) is 16.7 Å². The van der Waals surface area contributed by atoms with E-state index in [1.165, 1.54) is 17.8 Å². The van der Waals surface area contributed by atoms with E-state index < -0.39 is 16.9 Å². The highest BCUT2D eigenvalue weighted by molar-refractivity contribution is 7.99. The minimum Gasteiger partial charge on any atom is -0.480 e. The predicted molar refractivity (Wildman–Crippen MR) is 60.7 cm³/mol. The summed E-state index contributed by atoms with van der Waals surface area (Å²) in [6.07, 6.45) is 0. The molecule has 0 saturated carbocycles. The molecule has 6 nitrogen and oxygen atoms in total. The third kappa shape index (κ3) is 2.18. The molecule has 16 heavy (non-hydrogen) atoms. The molecule has 1 fully saturated rings. The van der Waals surface area contributed by atoms with Crippen LogP contribution in [0, 0.1) is 10.1 Å². The number of nitrogens with one attached hydrogen (secondary N) is 1. The second kappa shape index (κ2) is 4.40. The first-order valence-electron chi connectivity index (χ1n) is 4.42. The van der Waals surface area contributed by atoms with Gasteiger partial charge in [-0.3, -0.25) is 20.2 Å². The standard InChI is InChI=1S/C8H8N2O4S2/c11-8(12)4-3-15-7(9-4)5-1-2-6(16-5)10(13)14/h1-2,4,7,9H,3H2,(H,11,12)/t4-,7+/m1/s1. The zero-order valence-corrected chi connectivity index (χ0v) is 9.59. The molecule has 0 amide bonds. The van der Waals surface area contributed by atoms with Gasteiger partial charge >= 0.3 is 11.0 Å². The first-order valence-corrected chi connectivity index (χ1v) is 6.29. The van der Waals surface area contributed by atoms with Crippen molar-refractivity contribution in [3.05, 3.63) is 27.1 Å². The van der Waals surface area contributed by atoms with Crippen LogP contribution in [-0.2, 0) is 4.79 Å². The maximum absolute atomic E-state index is 10.7. The number of thiophene rings is 1. The zero-order valence-electron chi connectivity index (χ0n) is 7.95. The number of nitrogens with zero attached hydrogens (tertiary/aromatic N) is 1. The van der Waals surface area contributed by atoms with E-state index >= 15 is 0 Å². The minimum absolute atomic E-state index is 0.0798. The minimum atomic E-state index is -0.888. The van der Waals surface area contributed by atoms with Gasteiger partial charge < -0.3 is 5.11 Å². The summed E-state index contributed by atoms with van der Waals surface area (Å²) in [6.45, 7) is 0. The number of aliphatic carboxylic acids is 1. The number of carbonyl (C=O) groups is 1. The molecular weight excluding hydrogens is 252 g/mol. The fraction of sp³-hybridized carbons (Fsp3) is 0.375. The van der Waals surface area contributed by atoms with Crippen molar-refractivity contribution in [2.75, 3.05) is 5.75 Å². The largest absolute Gasteiger partial charge is 0.480 e. The van der Waals surface area contributed by atoms with Gasteiger partial charge in [-0.2, -0.15) is 0 Å². The maximum Gasteiger partial charge on any atom is 0.324 e. The van der Waals surface area contributed by atoms with Gasteiger partial charge in [0.15, 0.2) is 0 Å². The summed E-state index contributed by atoms with van der Waals surface area (Å²) in [5.74, 6) is -0.410. The van der Waals surface area contributed by atoms with E-state index in [1.54, 1.807) is 6.07 Å². The first kappa shape index (κ1) is 11.4. The average molecular weight is 260 g/mol. The topological polar surface area (TPSA) is 92.5 Å². The van der Waals surface area contributed by atoms with E-state index in [0.29, 0.717) is 5.75 Å². The van der Waals surface area contributed by atoms with Gasteiger partial charge in [0.2, 0.25) is 0 Å². The SMILES string of the molecule is O=C(O)[C@H]1CS[C@@H](c2ccc([N+](=O)[O-])s2)N1. The molecule has 1 aliphatic heterocycles. The molecule has 2 atom stereocenters. The molecule has 1 saturated heterocycles. The second-order valence-corrected chi connectivity index (χ2v) is 5.44. The van der Waals surface area contributed by atoms with E-state index in [-0.39, 0.29) is 10.4 Å². The quantitative estimate of drug-likeness (QED) is 0.631. The van der Waals surface area contributed by atoms with Crippen molar-refractivity contribution in [3.63, 3.8) is 0 Å². The van der Waals surface area contributed by atoms with Crippen LogP contribution in [0.3, 0.4) is 0 Å². The van der Waals surface area contributed by atoms with Gasteiger partial charge in [0.25, 0.3) is 0 Å². The Morgan fingerprint density at radius 1 is 1.62 bits per heavy atom. The fourth-order valence-electron chi connectivity index (χ4n) is 1.36. The van der Waals surface area contributed by atoms with Crippen molar-refractivity contribution in [3.8, 4) is 0 Å². The normalized spacial score (nSPS) is 24.5. The monoisotopic (exact) mass is 260 g/mol. The molecule has 1 aromatic heterocycles. The number of hydrogen-bond donors (Lipinski definition) is 2. The Kier molecular flexibility index (Phi) is 3.13. The van der Waals surface area contributed by atoms with Crippen LogP contribution in [0.25, 0.3) is 0 Å². The summed E-state index contributed by atoms with van der Waals surface area (Å²) in [7, 11) is 0. The van der Waals surface area contributed by atoms with Crippen LogP contribution in [0.5, 0.6) is 0 Å². The Morgan fingerprint density at radius 3 is 2.88 bits per heavy atom. The molecule has 0 unspecified atom stereocenters.